The number of halogens is 1. The van der Waals surface area contributed by atoms with Gasteiger partial charge in [0.25, 0.3) is 0 Å². The van der Waals surface area contributed by atoms with E-state index in [1.165, 1.54) is 7.11 Å². The monoisotopic (exact) mass is 301 g/mol. The molecule has 3 N–H and O–H groups in total. The van der Waals surface area contributed by atoms with Gasteiger partial charge in [-0.05, 0) is 40.9 Å². The van der Waals surface area contributed by atoms with Crippen molar-refractivity contribution in [2.75, 3.05) is 13.7 Å². The quantitative estimate of drug-likeness (QED) is 0.894. The minimum absolute atomic E-state index is 0.0423. The van der Waals surface area contributed by atoms with Gasteiger partial charge in [-0.25, -0.2) is 0 Å². The van der Waals surface area contributed by atoms with Gasteiger partial charge in [0.15, 0.2) is 0 Å². The van der Waals surface area contributed by atoms with Gasteiger partial charge >= 0.3 is 5.97 Å². The maximum atomic E-state index is 11.2. The van der Waals surface area contributed by atoms with E-state index in [4.69, 9.17) is 15.6 Å². The molecular formula is C12H16BrNO3. The van der Waals surface area contributed by atoms with Crippen LogP contribution in [0.15, 0.2) is 10.5 Å². The zero-order valence-corrected chi connectivity index (χ0v) is 11.7. The Bertz CT molecular complexity index is 446. The molecule has 0 aliphatic carbocycles. The van der Waals surface area contributed by atoms with Crippen molar-refractivity contribution in [2.45, 2.75) is 19.8 Å². The summed E-state index contributed by atoms with van der Waals surface area (Å²) in [5.74, 6) is -1.15. The Labute approximate surface area is 109 Å². The van der Waals surface area contributed by atoms with Gasteiger partial charge in [-0.15, -0.1) is 0 Å². The number of carbonyl (C=O) groups is 1. The van der Waals surface area contributed by atoms with Gasteiger partial charge in [0.2, 0.25) is 0 Å². The van der Waals surface area contributed by atoms with Gasteiger partial charge in [0.1, 0.15) is 5.75 Å². The smallest absolute Gasteiger partial charge is 0.312 e. The van der Waals surface area contributed by atoms with E-state index in [1.54, 1.807) is 0 Å². The summed E-state index contributed by atoms with van der Waals surface area (Å²) < 4.78 is 6.07. The second-order valence-electron chi connectivity index (χ2n) is 3.88. The van der Waals surface area contributed by atoms with Crippen LogP contribution in [-0.2, 0) is 4.79 Å². The molecule has 1 aromatic rings. The summed E-state index contributed by atoms with van der Waals surface area (Å²) in [6.45, 7) is 3.92. The average molecular weight is 302 g/mol. The first kappa shape index (κ1) is 14.0. The lowest BCUT2D eigenvalue weighted by Gasteiger charge is -2.18. The first-order chi connectivity index (χ1) is 7.93. The molecule has 17 heavy (non-hydrogen) atoms. The number of carboxylic acid groups (broad SMARTS) is 1. The van der Waals surface area contributed by atoms with Crippen LogP contribution in [0, 0.1) is 13.8 Å². The van der Waals surface area contributed by atoms with E-state index in [0.717, 1.165) is 15.6 Å². The number of aryl methyl sites for hydroxylation is 1. The predicted octanol–water partition coefficient (Wildman–Crippen LogP) is 2.20. The molecule has 0 spiro atoms. The molecule has 0 amide bonds. The first-order valence-corrected chi connectivity index (χ1v) is 5.99. The number of hydrogen-bond acceptors (Lipinski definition) is 3. The van der Waals surface area contributed by atoms with Gasteiger partial charge in [0.05, 0.1) is 17.5 Å². The van der Waals surface area contributed by atoms with Crippen LogP contribution in [0.2, 0.25) is 0 Å². The fraction of sp³-hybridized carbons (Fsp3) is 0.417. The van der Waals surface area contributed by atoms with Crippen LogP contribution in [-0.4, -0.2) is 24.7 Å². The van der Waals surface area contributed by atoms with Gasteiger partial charge in [0, 0.05) is 12.1 Å². The Morgan fingerprint density at radius 3 is 2.59 bits per heavy atom. The van der Waals surface area contributed by atoms with Crippen molar-refractivity contribution in [1.82, 2.24) is 0 Å². The van der Waals surface area contributed by atoms with Crippen molar-refractivity contribution < 1.29 is 14.6 Å². The zero-order chi connectivity index (χ0) is 13.2. The van der Waals surface area contributed by atoms with Crippen LogP contribution in [0.5, 0.6) is 5.75 Å². The number of carboxylic acids is 1. The number of hydrogen-bond donors (Lipinski definition) is 2. The molecule has 1 rings (SSSR count). The number of ether oxygens (including phenoxy) is 1. The molecule has 0 aromatic heterocycles. The Morgan fingerprint density at radius 2 is 2.18 bits per heavy atom. The maximum Gasteiger partial charge on any atom is 0.312 e. The lowest BCUT2D eigenvalue weighted by Crippen LogP contribution is -2.22. The molecule has 0 aliphatic heterocycles. The third-order valence-electron chi connectivity index (χ3n) is 2.87. The Hall–Kier alpha value is -1.07. The highest BCUT2D eigenvalue weighted by molar-refractivity contribution is 9.10. The van der Waals surface area contributed by atoms with Crippen molar-refractivity contribution in [3.05, 3.63) is 27.2 Å². The number of rotatable bonds is 4. The van der Waals surface area contributed by atoms with Gasteiger partial charge in [-0.1, -0.05) is 6.07 Å². The second kappa shape index (κ2) is 5.51. The van der Waals surface area contributed by atoms with Gasteiger partial charge in [-0.2, -0.15) is 0 Å². The van der Waals surface area contributed by atoms with E-state index in [-0.39, 0.29) is 6.54 Å². The third-order valence-corrected chi connectivity index (χ3v) is 3.82. The van der Waals surface area contributed by atoms with Crippen LogP contribution < -0.4 is 10.5 Å². The van der Waals surface area contributed by atoms with Crippen molar-refractivity contribution in [1.29, 1.82) is 0 Å². The molecule has 0 aliphatic rings. The highest BCUT2D eigenvalue weighted by Crippen LogP contribution is 2.37. The molecule has 0 saturated carbocycles. The lowest BCUT2D eigenvalue weighted by molar-refractivity contribution is -0.138. The summed E-state index contributed by atoms with van der Waals surface area (Å²) in [6, 6.07) is 1.82. The van der Waals surface area contributed by atoms with E-state index >= 15 is 0 Å². The molecule has 0 saturated heterocycles. The highest BCUT2D eigenvalue weighted by atomic mass is 79.9. The molecule has 0 radical (unpaired) electrons. The molecule has 1 unspecified atom stereocenters. The predicted molar refractivity (Wildman–Crippen MR) is 69.6 cm³/mol. The molecule has 1 aromatic carbocycles. The van der Waals surface area contributed by atoms with Crippen LogP contribution >= 0.6 is 15.9 Å². The minimum atomic E-state index is -0.944. The van der Waals surface area contributed by atoms with E-state index < -0.39 is 11.9 Å². The lowest BCUT2D eigenvalue weighted by atomic mass is 9.94. The summed E-state index contributed by atoms with van der Waals surface area (Å²) in [7, 11) is 1.52. The molecule has 5 heteroatoms. The van der Waals surface area contributed by atoms with E-state index in [0.29, 0.717) is 11.3 Å². The molecule has 0 heterocycles. The molecule has 1 atom stereocenters. The Morgan fingerprint density at radius 1 is 1.59 bits per heavy atom. The summed E-state index contributed by atoms with van der Waals surface area (Å²) in [5, 5.41) is 9.15. The fourth-order valence-corrected chi connectivity index (χ4v) is 2.41. The molecule has 0 bridgehead atoms. The number of methoxy groups -OCH3 is 1. The topological polar surface area (TPSA) is 72.5 Å². The summed E-state index contributed by atoms with van der Waals surface area (Å²) >= 11 is 3.43. The minimum Gasteiger partial charge on any atom is -0.495 e. The zero-order valence-electron chi connectivity index (χ0n) is 10.1. The number of aliphatic carboxylic acids is 1. The summed E-state index contributed by atoms with van der Waals surface area (Å²) in [6.07, 6.45) is 0. The largest absolute Gasteiger partial charge is 0.495 e. The molecule has 94 valence electrons. The van der Waals surface area contributed by atoms with Crippen molar-refractivity contribution in [3.8, 4) is 5.75 Å². The second-order valence-corrected chi connectivity index (χ2v) is 4.67. The van der Waals surface area contributed by atoms with E-state index in [2.05, 4.69) is 15.9 Å². The van der Waals surface area contributed by atoms with Crippen LogP contribution in [0.25, 0.3) is 0 Å². The van der Waals surface area contributed by atoms with E-state index in [1.807, 2.05) is 19.9 Å². The molecule has 4 nitrogen and oxygen atoms in total. The van der Waals surface area contributed by atoms with E-state index in [9.17, 15) is 4.79 Å². The Kier molecular flexibility index (Phi) is 4.54. The third kappa shape index (κ3) is 2.61. The maximum absolute atomic E-state index is 11.2. The van der Waals surface area contributed by atoms with Crippen molar-refractivity contribution in [3.63, 3.8) is 0 Å². The van der Waals surface area contributed by atoms with Crippen molar-refractivity contribution in [2.24, 2.45) is 5.73 Å². The van der Waals surface area contributed by atoms with Gasteiger partial charge < -0.3 is 15.6 Å². The average Bonchev–Trinajstić information content (AvgIpc) is 2.27. The van der Waals surface area contributed by atoms with Crippen molar-refractivity contribution >= 4 is 21.9 Å². The summed E-state index contributed by atoms with van der Waals surface area (Å²) in [4.78, 5) is 11.2. The van der Waals surface area contributed by atoms with Crippen LogP contribution in [0.3, 0.4) is 0 Å². The Balaban J connectivity index is 3.46. The van der Waals surface area contributed by atoms with Crippen LogP contribution in [0.4, 0.5) is 0 Å². The molecule has 0 fully saturated rings. The first-order valence-electron chi connectivity index (χ1n) is 5.20. The summed E-state index contributed by atoms with van der Waals surface area (Å²) in [5.41, 5.74) is 8.17. The standard InChI is InChI=1S/C12H16BrNO3/c1-6-4-8(9(5-14)12(15)16)11(17-3)10(13)7(6)2/h4,9H,5,14H2,1-3H3,(H,15,16). The van der Waals surface area contributed by atoms with Gasteiger partial charge in [-0.3, -0.25) is 4.79 Å². The van der Waals surface area contributed by atoms with Crippen LogP contribution in [0.1, 0.15) is 22.6 Å². The SMILES string of the molecule is COc1c(C(CN)C(=O)O)cc(C)c(C)c1Br. The fourth-order valence-electron chi connectivity index (χ4n) is 1.70. The highest BCUT2D eigenvalue weighted by Gasteiger charge is 2.24. The molecular weight excluding hydrogens is 286 g/mol. The normalized spacial score (nSPS) is 12.3. The number of benzene rings is 1. The number of nitrogens with two attached hydrogens (primary N) is 1.